The van der Waals surface area contributed by atoms with Crippen molar-refractivity contribution >= 4 is 11.0 Å². The van der Waals surface area contributed by atoms with Gasteiger partial charge < -0.3 is 14.2 Å². The molecule has 2 aromatic carbocycles. The summed E-state index contributed by atoms with van der Waals surface area (Å²) in [6.07, 6.45) is 13.5. The summed E-state index contributed by atoms with van der Waals surface area (Å²) in [7, 11) is 0. The zero-order valence-corrected chi connectivity index (χ0v) is 19.9. The van der Waals surface area contributed by atoms with Crippen LogP contribution in [0.2, 0.25) is 0 Å². The smallest absolute Gasteiger partial charge is 0.170 e. The second-order valence-electron chi connectivity index (χ2n) is 10.2. The molecule has 3 aromatic rings. The number of likely N-dealkylation sites (tertiary alicyclic amines) is 1. The number of benzene rings is 2. The van der Waals surface area contributed by atoms with Crippen LogP contribution in [0.1, 0.15) is 69.0 Å². The molecule has 2 fully saturated rings. The SMILES string of the molecule is c1ccc(COc2ccc3c(CCCC4CCN(CC5CCCCC5)CC4)noc3c2)cc1. The van der Waals surface area contributed by atoms with Gasteiger partial charge in [-0.3, -0.25) is 0 Å². The molecule has 5 rings (SSSR count). The van der Waals surface area contributed by atoms with E-state index in [9.17, 15) is 0 Å². The van der Waals surface area contributed by atoms with Gasteiger partial charge in [-0.15, -0.1) is 0 Å². The van der Waals surface area contributed by atoms with Gasteiger partial charge in [0.25, 0.3) is 0 Å². The van der Waals surface area contributed by atoms with E-state index >= 15 is 0 Å². The van der Waals surface area contributed by atoms with Crippen molar-refractivity contribution in [1.82, 2.24) is 10.1 Å². The van der Waals surface area contributed by atoms with Gasteiger partial charge in [0.1, 0.15) is 12.4 Å². The van der Waals surface area contributed by atoms with Crippen LogP contribution in [0.4, 0.5) is 0 Å². The second-order valence-corrected chi connectivity index (χ2v) is 10.2. The maximum atomic E-state index is 5.93. The van der Waals surface area contributed by atoms with Crippen LogP contribution in [0.25, 0.3) is 11.0 Å². The minimum Gasteiger partial charge on any atom is -0.489 e. The highest BCUT2D eigenvalue weighted by atomic mass is 16.5. The first-order valence-corrected chi connectivity index (χ1v) is 13.1. The predicted octanol–water partition coefficient (Wildman–Crippen LogP) is 7.02. The van der Waals surface area contributed by atoms with E-state index in [0.29, 0.717) is 6.61 Å². The Kier molecular flexibility index (Phi) is 7.62. The fourth-order valence-corrected chi connectivity index (χ4v) is 5.73. The van der Waals surface area contributed by atoms with Gasteiger partial charge in [-0.2, -0.15) is 0 Å². The van der Waals surface area contributed by atoms with Gasteiger partial charge in [-0.1, -0.05) is 54.8 Å². The molecule has 1 saturated carbocycles. The molecular formula is C29H38N2O2. The third-order valence-corrected chi connectivity index (χ3v) is 7.74. The molecule has 1 saturated heterocycles. The molecule has 0 N–H and O–H groups in total. The number of piperidine rings is 1. The van der Waals surface area contributed by atoms with E-state index < -0.39 is 0 Å². The highest BCUT2D eigenvalue weighted by Crippen LogP contribution is 2.29. The molecule has 0 atom stereocenters. The van der Waals surface area contributed by atoms with Gasteiger partial charge in [0, 0.05) is 18.0 Å². The maximum absolute atomic E-state index is 5.93. The standard InChI is InChI=1S/C29H38N2O2/c1-3-8-24(9-4-1)21-31-18-16-23(17-19-31)12-7-13-28-27-15-14-26(20-29(27)33-30-28)32-22-25-10-5-2-6-11-25/h2,5-6,10-11,14-15,20,23-24H,1,3-4,7-9,12-13,16-19,21-22H2. The lowest BCUT2D eigenvalue weighted by Crippen LogP contribution is -2.37. The van der Waals surface area contributed by atoms with Crippen LogP contribution in [-0.2, 0) is 13.0 Å². The first-order chi connectivity index (χ1) is 16.3. The zero-order chi connectivity index (χ0) is 22.3. The minimum atomic E-state index is 0.562. The molecule has 176 valence electrons. The number of rotatable bonds is 9. The van der Waals surface area contributed by atoms with Crippen LogP contribution in [0.15, 0.2) is 53.1 Å². The topological polar surface area (TPSA) is 38.5 Å². The first kappa shape index (κ1) is 22.5. The monoisotopic (exact) mass is 446 g/mol. The summed E-state index contributed by atoms with van der Waals surface area (Å²) in [5.74, 6) is 2.68. The van der Waals surface area contributed by atoms with Crippen LogP contribution in [0.3, 0.4) is 0 Å². The van der Waals surface area contributed by atoms with Crippen molar-refractivity contribution in [2.24, 2.45) is 11.8 Å². The normalized spacial score (nSPS) is 18.7. The van der Waals surface area contributed by atoms with Gasteiger partial charge in [0.15, 0.2) is 5.58 Å². The van der Waals surface area contributed by atoms with E-state index in [2.05, 4.69) is 28.3 Å². The number of fused-ring (bicyclic) bond motifs is 1. The number of hydrogen-bond acceptors (Lipinski definition) is 4. The van der Waals surface area contributed by atoms with Gasteiger partial charge in [0.05, 0.1) is 5.69 Å². The molecule has 2 aliphatic rings. The number of aryl methyl sites for hydroxylation is 1. The van der Waals surface area contributed by atoms with Crippen LogP contribution < -0.4 is 4.74 Å². The fourth-order valence-electron chi connectivity index (χ4n) is 5.73. The largest absolute Gasteiger partial charge is 0.489 e. The van der Waals surface area contributed by atoms with E-state index in [4.69, 9.17) is 9.26 Å². The second kappa shape index (κ2) is 11.2. The molecule has 0 amide bonds. The number of aromatic nitrogens is 1. The Hall–Kier alpha value is -2.33. The fraction of sp³-hybridized carbons (Fsp3) is 0.552. The molecular weight excluding hydrogens is 408 g/mol. The Morgan fingerprint density at radius 2 is 1.73 bits per heavy atom. The molecule has 0 spiro atoms. The van der Waals surface area contributed by atoms with Crippen LogP contribution in [0, 0.1) is 11.8 Å². The Morgan fingerprint density at radius 1 is 0.909 bits per heavy atom. The molecule has 4 heteroatoms. The summed E-state index contributed by atoms with van der Waals surface area (Å²) in [6.45, 7) is 4.53. The summed E-state index contributed by atoms with van der Waals surface area (Å²) < 4.78 is 11.6. The van der Waals surface area contributed by atoms with Gasteiger partial charge in [-0.25, -0.2) is 0 Å². The highest BCUT2D eigenvalue weighted by molar-refractivity contribution is 5.80. The molecule has 1 aromatic heterocycles. The van der Waals surface area contributed by atoms with Crippen molar-refractivity contribution in [2.75, 3.05) is 19.6 Å². The third-order valence-electron chi connectivity index (χ3n) is 7.74. The molecule has 2 heterocycles. The summed E-state index contributed by atoms with van der Waals surface area (Å²) >= 11 is 0. The highest BCUT2D eigenvalue weighted by Gasteiger charge is 2.22. The Bertz CT molecular complexity index is 985. The van der Waals surface area contributed by atoms with E-state index in [1.54, 1.807) is 0 Å². The van der Waals surface area contributed by atoms with Crippen molar-refractivity contribution in [3.63, 3.8) is 0 Å². The molecule has 4 nitrogen and oxygen atoms in total. The van der Waals surface area contributed by atoms with Gasteiger partial charge in [0.2, 0.25) is 0 Å². The molecule has 0 radical (unpaired) electrons. The molecule has 1 aliphatic heterocycles. The van der Waals surface area contributed by atoms with Crippen molar-refractivity contribution in [2.45, 2.75) is 70.8 Å². The van der Waals surface area contributed by atoms with Crippen LogP contribution in [0.5, 0.6) is 5.75 Å². The Morgan fingerprint density at radius 3 is 2.55 bits per heavy atom. The summed E-state index contributed by atoms with van der Waals surface area (Å²) in [5.41, 5.74) is 3.08. The van der Waals surface area contributed by atoms with E-state index in [0.717, 1.165) is 46.2 Å². The summed E-state index contributed by atoms with van der Waals surface area (Å²) in [5, 5.41) is 5.50. The lowest BCUT2D eigenvalue weighted by atomic mass is 9.87. The van der Waals surface area contributed by atoms with Crippen molar-refractivity contribution in [3.8, 4) is 5.75 Å². The van der Waals surface area contributed by atoms with E-state index in [1.165, 1.54) is 77.4 Å². The van der Waals surface area contributed by atoms with Gasteiger partial charge >= 0.3 is 0 Å². The summed E-state index contributed by atoms with van der Waals surface area (Å²) in [6, 6.07) is 16.3. The molecule has 33 heavy (non-hydrogen) atoms. The van der Waals surface area contributed by atoms with E-state index in [1.807, 2.05) is 30.3 Å². The quantitative estimate of drug-likeness (QED) is 0.354. The van der Waals surface area contributed by atoms with Crippen molar-refractivity contribution in [1.29, 1.82) is 0 Å². The number of nitrogens with zero attached hydrogens (tertiary/aromatic N) is 2. The molecule has 0 unspecified atom stereocenters. The maximum Gasteiger partial charge on any atom is 0.170 e. The zero-order valence-electron chi connectivity index (χ0n) is 19.9. The number of ether oxygens (including phenoxy) is 1. The van der Waals surface area contributed by atoms with Crippen molar-refractivity contribution in [3.05, 3.63) is 59.8 Å². The average molecular weight is 447 g/mol. The van der Waals surface area contributed by atoms with E-state index in [-0.39, 0.29) is 0 Å². The third kappa shape index (κ3) is 6.17. The van der Waals surface area contributed by atoms with Crippen LogP contribution >= 0.6 is 0 Å². The Balaban J connectivity index is 1.05. The Labute approximate surface area is 198 Å². The lowest BCUT2D eigenvalue weighted by molar-refractivity contribution is 0.141. The lowest BCUT2D eigenvalue weighted by Gasteiger charge is -2.35. The predicted molar refractivity (Wildman–Crippen MR) is 133 cm³/mol. The van der Waals surface area contributed by atoms with Crippen LogP contribution in [-0.4, -0.2) is 29.7 Å². The molecule has 1 aliphatic carbocycles. The minimum absolute atomic E-state index is 0.562. The van der Waals surface area contributed by atoms with Crippen molar-refractivity contribution < 1.29 is 9.26 Å². The number of hydrogen-bond donors (Lipinski definition) is 0. The van der Waals surface area contributed by atoms with Gasteiger partial charge in [-0.05, 0) is 87.6 Å². The summed E-state index contributed by atoms with van der Waals surface area (Å²) in [4.78, 5) is 2.75. The first-order valence-electron chi connectivity index (χ1n) is 13.1. The average Bonchev–Trinajstić information content (AvgIpc) is 3.27. The molecule has 0 bridgehead atoms.